The lowest BCUT2D eigenvalue weighted by Gasteiger charge is -2.40. The van der Waals surface area contributed by atoms with Crippen LogP contribution in [0.25, 0.3) is 11.2 Å². The molecule has 0 spiro atoms. The van der Waals surface area contributed by atoms with Crippen LogP contribution < -0.4 is 10.3 Å². The van der Waals surface area contributed by atoms with Gasteiger partial charge in [0.15, 0.2) is 18.5 Å². The van der Waals surface area contributed by atoms with Crippen LogP contribution in [0.15, 0.2) is 47.6 Å². The van der Waals surface area contributed by atoms with E-state index in [2.05, 4.69) is 67.4 Å². The van der Waals surface area contributed by atoms with Crippen molar-refractivity contribution in [3.05, 3.63) is 47.6 Å². The summed E-state index contributed by atoms with van der Waals surface area (Å²) in [5.41, 5.74) is 12.7. The van der Waals surface area contributed by atoms with Crippen LogP contribution in [0.5, 0.6) is 0 Å². The van der Waals surface area contributed by atoms with Crippen LogP contribution in [0.4, 0.5) is 5.82 Å². The van der Waals surface area contributed by atoms with Crippen molar-refractivity contribution < 1.29 is 4.57 Å². The standard InChI is InChI=1S/C26H40N5/c1-19(13-15-26(5)21(3)11-8-12-22(26)4)9-7-10-20(2)14-16-31-18-30(6)25-23(31)24(27)28-17-29-25/h9,11,14,17-18,22H,7-8,10,12-13,15-16H2,1-6H3,(H2,27,28,29)/q+1/b19-9+,20-14+. The molecule has 2 atom stereocenters. The van der Waals surface area contributed by atoms with Gasteiger partial charge in [-0.25, -0.2) is 4.57 Å². The number of nitrogen functional groups attached to an aromatic ring is 1. The van der Waals surface area contributed by atoms with E-state index in [1.165, 1.54) is 43.2 Å². The minimum absolute atomic E-state index is 0.365. The Morgan fingerprint density at radius 2 is 2.00 bits per heavy atom. The van der Waals surface area contributed by atoms with Gasteiger partial charge in [-0.2, -0.15) is 4.98 Å². The van der Waals surface area contributed by atoms with Gasteiger partial charge in [0, 0.05) is 0 Å². The van der Waals surface area contributed by atoms with Crippen LogP contribution in [-0.4, -0.2) is 14.5 Å². The summed E-state index contributed by atoms with van der Waals surface area (Å²) in [7, 11) is 1.99. The smallest absolute Gasteiger partial charge is 0.307 e. The average molecular weight is 423 g/mol. The number of aryl methyl sites for hydroxylation is 1. The summed E-state index contributed by atoms with van der Waals surface area (Å²) < 4.78 is 4.12. The molecule has 0 amide bonds. The van der Waals surface area contributed by atoms with Gasteiger partial charge in [0.05, 0.1) is 13.6 Å². The Morgan fingerprint density at radius 3 is 2.74 bits per heavy atom. The fraction of sp³-hybridized carbons (Fsp3) is 0.577. The number of aromatic nitrogens is 4. The van der Waals surface area contributed by atoms with E-state index in [1.54, 1.807) is 5.57 Å². The summed E-state index contributed by atoms with van der Waals surface area (Å²) in [6.07, 6.45) is 17.9. The second-order valence-electron chi connectivity index (χ2n) is 9.73. The molecule has 0 aromatic carbocycles. The SMILES string of the molecule is CC1=CCCC(C)C1(C)CC/C(C)=C/CC/C(C)=C/Cn1c[n+](C)c2ncnc(N)c21. The van der Waals surface area contributed by atoms with Crippen molar-refractivity contribution in [2.75, 3.05) is 5.73 Å². The van der Waals surface area contributed by atoms with Crippen LogP contribution in [0, 0.1) is 11.3 Å². The topological polar surface area (TPSA) is 60.6 Å². The first-order valence-electron chi connectivity index (χ1n) is 11.7. The van der Waals surface area contributed by atoms with Crippen molar-refractivity contribution in [1.29, 1.82) is 0 Å². The molecule has 168 valence electrons. The number of fused-ring (bicyclic) bond motifs is 1. The number of anilines is 1. The van der Waals surface area contributed by atoms with Crippen molar-refractivity contribution in [3.8, 4) is 0 Å². The van der Waals surface area contributed by atoms with Crippen molar-refractivity contribution >= 4 is 17.0 Å². The largest absolute Gasteiger partial charge is 0.380 e. The second kappa shape index (κ2) is 9.80. The van der Waals surface area contributed by atoms with Crippen molar-refractivity contribution in [2.45, 2.75) is 79.7 Å². The molecule has 2 N–H and O–H groups in total. The maximum atomic E-state index is 6.08. The molecule has 2 heterocycles. The number of imidazole rings is 1. The minimum atomic E-state index is 0.365. The number of hydrogen-bond acceptors (Lipinski definition) is 3. The Labute approximate surface area is 187 Å². The Balaban J connectivity index is 1.53. The van der Waals surface area contributed by atoms with Gasteiger partial charge in [-0.1, -0.05) is 53.8 Å². The van der Waals surface area contributed by atoms with Crippen LogP contribution in [0.3, 0.4) is 0 Å². The van der Waals surface area contributed by atoms with Gasteiger partial charge < -0.3 is 5.73 Å². The molecule has 31 heavy (non-hydrogen) atoms. The Hall–Kier alpha value is -2.43. The molecular weight excluding hydrogens is 382 g/mol. The molecule has 0 radical (unpaired) electrons. The second-order valence-corrected chi connectivity index (χ2v) is 9.73. The average Bonchev–Trinajstić information content (AvgIpc) is 3.06. The molecule has 1 aliphatic carbocycles. The normalized spacial score (nSPS) is 22.8. The quantitative estimate of drug-likeness (QED) is 0.440. The fourth-order valence-electron chi connectivity index (χ4n) is 4.77. The van der Waals surface area contributed by atoms with E-state index in [1.807, 2.05) is 17.9 Å². The van der Waals surface area contributed by atoms with Crippen LogP contribution in [0.1, 0.15) is 73.1 Å². The molecule has 0 fully saturated rings. The summed E-state index contributed by atoms with van der Waals surface area (Å²) >= 11 is 0. The summed E-state index contributed by atoms with van der Waals surface area (Å²) in [5, 5.41) is 0. The number of nitrogens with two attached hydrogens (primary N) is 1. The molecule has 2 unspecified atom stereocenters. The van der Waals surface area contributed by atoms with Crippen LogP contribution in [-0.2, 0) is 13.6 Å². The molecule has 2 aromatic heterocycles. The van der Waals surface area contributed by atoms with Gasteiger partial charge in [0.1, 0.15) is 0 Å². The maximum absolute atomic E-state index is 6.08. The van der Waals surface area contributed by atoms with E-state index in [9.17, 15) is 0 Å². The molecule has 2 aromatic rings. The minimum Gasteiger partial charge on any atom is -0.380 e. The fourth-order valence-corrected chi connectivity index (χ4v) is 4.77. The van der Waals surface area contributed by atoms with E-state index in [0.29, 0.717) is 11.2 Å². The van der Waals surface area contributed by atoms with E-state index in [0.717, 1.165) is 36.5 Å². The predicted octanol–water partition coefficient (Wildman–Crippen LogP) is 5.67. The highest BCUT2D eigenvalue weighted by Gasteiger charge is 2.34. The Morgan fingerprint density at radius 1 is 1.26 bits per heavy atom. The first kappa shape index (κ1) is 23.2. The molecule has 0 saturated carbocycles. The number of allylic oxidation sites excluding steroid dienone is 6. The number of hydrogen-bond donors (Lipinski definition) is 1. The first-order chi connectivity index (χ1) is 14.7. The molecular formula is C26H40N5+. The van der Waals surface area contributed by atoms with E-state index in [4.69, 9.17) is 5.73 Å². The lowest BCUT2D eigenvalue weighted by Crippen LogP contribution is -2.29. The maximum Gasteiger partial charge on any atom is 0.307 e. The van der Waals surface area contributed by atoms with Crippen LogP contribution in [0.2, 0.25) is 0 Å². The monoisotopic (exact) mass is 422 g/mol. The Kier molecular flexibility index (Phi) is 7.34. The third-order valence-corrected chi connectivity index (χ3v) is 7.51. The van der Waals surface area contributed by atoms with Crippen molar-refractivity contribution in [1.82, 2.24) is 14.5 Å². The molecule has 3 rings (SSSR count). The van der Waals surface area contributed by atoms with Gasteiger partial charge in [-0.15, -0.1) is 0 Å². The highest BCUT2D eigenvalue weighted by atomic mass is 15.2. The zero-order chi connectivity index (χ0) is 22.6. The molecule has 1 aliphatic rings. The summed E-state index contributed by atoms with van der Waals surface area (Å²) in [4.78, 5) is 8.49. The zero-order valence-electron chi connectivity index (χ0n) is 20.3. The highest BCUT2D eigenvalue weighted by Crippen LogP contribution is 2.45. The summed E-state index contributed by atoms with van der Waals surface area (Å²) in [6.45, 7) is 12.5. The highest BCUT2D eigenvalue weighted by molar-refractivity contribution is 5.79. The molecule has 5 heteroatoms. The predicted molar refractivity (Wildman–Crippen MR) is 129 cm³/mol. The lowest BCUT2D eigenvalue weighted by atomic mass is 9.65. The zero-order valence-corrected chi connectivity index (χ0v) is 20.3. The van der Waals surface area contributed by atoms with Gasteiger partial charge in [-0.3, -0.25) is 4.57 Å². The first-order valence-corrected chi connectivity index (χ1v) is 11.7. The van der Waals surface area contributed by atoms with Gasteiger partial charge >= 0.3 is 5.65 Å². The molecule has 5 nitrogen and oxygen atoms in total. The summed E-state index contributed by atoms with van der Waals surface area (Å²) in [5.74, 6) is 1.31. The third kappa shape index (κ3) is 5.25. The van der Waals surface area contributed by atoms with Gasteiger partial charge in [0.2, 0.25) is 5.52 Å². The van der Waals surface area contributed by atoms with Gasteiger partial charge in [0.25, 0.3) is 0 Å². The number of rotatable bonds is 8. The molecule has 0 aliphatic heterocycles. The van der Waals surface area contributed by atoms with Gasteiger partial charge in [-0.05, 0) is 70.6 Å². The van der Waals surface area contributed by atoms with Crippen molar-refractivity contribution in [2.24, 2.45) is 18.4 Å². The van der Waals surface area contributed by atoms with E-state index >= 15 is 0 Å². The third-order valence-electron chi connectivity index (χ3n) is 7.51. The van der Waals surface area contributed by atoms with E-state index in [-0.39, 0.29) is 0 Å². The van der Waals surface area contributed by atoms with E-state index < -0.39 is 0 Å². The van der Waals surface area contributed by atoms with Crippen molar-refractivity contribution in [3.63, 3.8) is 0 Å². The molecule has 0 bridgehead atoms. The van der Waals surface area contributed by atoms with Crippen LogP contribution >= 0.6 is 0 Å². The number of nitrogens with zero attached hydrogens (tertiary/aromatic N) is 4. The lowest BCUT2D eigenvalue weighted by molar-refractivity contribution is -0.647. The summed E-state index contributed by atoms with van der Waals surface area (Å²) in [6, 6.07) is 0. The molecule has 0 saturated heterocycles. The Bertz CT molecular complexity index is 1010.